The van der Waals surface area contributed by atoms with E-state index in [1.54, 1.807) is 6.20 Å². The highest BCUT2D eigenvalue weighted by atomic mass is 16.5. The van der Waals surface area contributed by atoms with Crippen LogP contribution in [0.25, 0.3) is 0 Å². The summed E-state index contributed by atoms with van der Waals surface area (Å²) in [6.07, 6.45) is 2.87. The number of hydrogen-bond donors (Lipinski definition) is 1. The largest absolute Gasteiger partial charge is 0.439 e. The molecule has 1 aromatic carbocycles. The summed E-state index contributed by atoms with van der Waals surface area (Å²) >= 11 is 0. The lowest BCUT2D eigenvalue weighted by molar-refractivity contribution is 0.453. The molecule has 0 saturated carbocycles. The number of ether oxygens (including phenoxy) is 1. The van der Waals surface area contributed by atoms with E-state index in [4.69, 9.17) is 4.74 Å². The van der Waals surface area contributed by atoms with E-state index in [0.717, 1.165) is 36.5 Å². The van der Waals surface area contributed by atoms with Gasteiger partial charge in [0.25, 0.3) is 0 Å². The summed E-state index contributed by atoms with van der Waals surface area (Å²) in [6, 6.07) is 12.0. The summed E-state index contributed by atoms with van der Waals surface area (Å²) in [5, 5.41) is 3.38. The number of anilines is 1. The molecule has 4 heteroatoms. The lowest BCUT2D eigenvalue weighted by atomic mass is 10.2. The van der Waals surface area contributed by atoms with Crippen LogP contribution >= 0.6 is 0 Å². The molecule has 0 saturated heterocycles. The summed E-state index contributed by atoms with van der Waals surface area (Å²) in [4.78, 5) is 6.40. The molecule has 0 fully saturated rings. The Balaban J connectivity index is 2.13. The van der Waals surface area contributed by atoms with Gasteiger partial charge in [-0.1, -0.05) is 19.1 Å². The van der Waals surface area contributed by atoms with E-state index in [9.17, 15) is 0 Å². The van der Waals surface area contributed by atoms with Gasteiger partial charge >= 0.3 is 0 Å². The van der Waals surface area contributed by atoms with E-state index in [1.165, 1.54) is 0 Å². The van der Waals surface area contributed by atoms with Crippen molar-refractivity contribution in [2.75, 3.05) is 25.5 Å². The maximum atomic E-state index is 5.95. The van der Waals surface area contributed by atoms with Crippen LogP contribution in [0.15, 0.2) is 42.6 Å². The highest BCUT2D eigenvalue weighted by Crippen LogP contribution is 2.26. The van der Waals surface area contributed by atoms with Crippen molar-refractivity contribution in [3.8, 4) is 11.6 Å². The van der Waals surface area contributed by atoms with E-state index in [0.29, 0.717) is 5.88 Å². The lowest BCUT2D eigenvalue weighted by Gasteiger charge is -2.15. The third-order valence-electron chi connectivity index (χ3n) is 3.14. The fourth-order valence-corrected chi connectivity index (χ4v) is 1.99. The zero-order valence-electron chi connectivity index (χ0n) is 13.0. The molecule has 0 aliphatic carbocycles. The van der Waals surface area contributed by atoms with E-state index in [2.05, 4.69) is 28.2 Å². The number of rotatable bonds is 7. The van der Waals surface area contributed by atoms with E-state index < -0.39 is 0 Å². The first-order chi connectivity index (χ1) is 10.2. The standard InChI is InChI=1S/C17H23N3O/c1-4-10-18-13-14-7-6-11-19-17(14)21-16-9-5-8-15(12-16)20(2)3/h5-9,11-12,18H,4,10,13H2,1-3H3. The Labute approximate surface area is 126 Å². The zero-order valence-corrected chi connectivity index (χ0v) is 13.0. The van der Waals surface area contributed by atoms with Gasteiger partial charge in [0.05, 0.1) is 0 Å². The van der Waals surface area contributed by atoms with Gasteiger partial charge in [0.15, 0.2) is 0 Å². The Kier molecular flexibility index (Phi) is 5.58. The Hall–Kier alpha value is -2.07. The molecule has 21 heavy (non-hydrogen) atoms. The van der Waals surface area contributed by atoms with Crippen molar-refractivity contribution in [2.45, 2.75) is 19.9 Å². The SMILES string of the molecule is CCCNCc1cccnc1Oc1cccc(N(C)C)c1. The van der Waals surface area contributed by atoms with Crippen LogP contribution in [-0.2, 0) is 6.54 Å². The monoisotopic (exact) mass is 285 g/mol. The first-order valence-corrected chi connectivity index (χ1v) is 7.30. The number of pyridine rings is 1. The van der Waals surface area contributed by atoms with Crippen molar-refractivity contribution in [1.29, 1.82) is 0 Å². The predicted molar refractivity (Wildman–Crippen MR) is 87.1 cm³/mol. The van der Waals surface area contributed by atoms with Crippen LogP contribution in [0.1, 0.15) is 18.9 Å². The molecule has 2 aromatic rings. The molecule has 0 unspecified atom stereocenters. The van der Waals surface area contributed by atoms with Crippen LogP contribution < -0.4 is 15.0 Å². The molecular weight excluding hydrogens is 262 g/mol. The first kappa shape index (κ1) is 15.3. The Morgan fingerprint density at radius 2 is 2.05 bits per heavy atom. The van der Waals surface area contributed by atoms with Gasteiger partial charge in [0.1, 0.15) is 5.75 Å². The molecule has 0 radical (unpaired) electrons. The smallest absolute Gasteiger partial charge is 0.223 e. The molecule has 1 heterocycles. The van der Waals surface area contributed by atoms with Gasteiger partial charge in [-0.2, -0.15) is 0 Å². The molecule has 112 valence electrons. The number of nitrogens with one attached hydrogen (secondary N) is 1. The van der Waals surface area contributed by atoms with Crippen LogP contribution in [0.4, 0.5) is 5.69 Å². The second-order valence-electron chi connectivity index (χ2n) is 5.14. The Bertz CT molecular complexity index is 569. The average molecular weight is 285 g/mol. The van der Waals surface area contributed by atoms with Crippen LogP contribution in [-0.4, -0.2) is 25.6 Å². The summed E-state index contributed by atoms with van der Waals surface area (Å²) < 4.78 is 5.95. The normalized spacial score (nSPS) is 10.4. The molecule has 1 aromatic heterocycles. The van der Waals surface area contributed by atoms with Gasteiger partial charge in [-0.05, 0) is 31.2 Å². The van der Waals surface area contributed by atoms with Crippen molar-refractivity contribution in [3.63, 3.8) is 0 Å². The molecular formula is C17H23N3O. The third kappa shape index (κ3) is 4.46. The number of benzene rings is 1. The zero-order chi connectivity index (χ0) is 15.1. The summed E-state index contributed by atoms with van der Waals surface area (Å²) in [7, 11) is 4.03. The van der Waals surface area contributed by atoms with Gasteiger partial charge in [-0.15, -0.1) is 0 Å². The summed E-state index contributed by atoms with van der Waals surface area (Å²) in [5.74, 6) is 1.47. The Morgan fingerprint density at radius 1 is 1.19 bits per heavy atom. The fourth-order valence-electron chi connectivity index (χ4n) is 1.99. The highest BCUT2D eigenvalue weighted by molar-refractivity contribution is 5.50. The minimum Gasteiger partial charge on any atom is -0.439 e. The van der Waals surface area contributed by atoms with Gasteiger partial charge in [0, 0.05) is 44.2 Å². The maximum Gasteiger partial charge on any atom is 0.223 e. The van der Waals surface area contributed by atoms with Crippen molar-refractivity contribution in [2.24, 2.45) is 0 Å². The highest BCUT2D eigenvalue weighted by Gasteiger charge is 2.06. The molecule has 0 atom stereocenters. The Morgan fingerprint density at radius 3 is 2.81 bits per heavy atom. The van der Waals surface area contributed by atoms with Crippen molar-refractivity contribution < 1.29 is 4.74 Å². The van der Waals surface area contributed by atoms with Crippen molar-refractivity contribution in [1.82, 2.24) is 10.3 Å². The number of hydrogen-bond acceptors (Lipinski definition) is 4. The molecule has 0 aliphatic heterocycles. The molecule has 0 bridgehead atoms. The lowest BCUT2D eigenvalue weighted by Crippen LogP contribution is -2.14. The van der Waals surface area contributed by atoms with Crippen LogP contribution in [0.3, 0.4) is 0 Å². The fraction of sp³-hybridized carbons (Fsp3) is 0.353. The second-order valence-corrected chi connectivity index (χ2v) is 5.14. The molecule has 0 spiro atoms. The van der Waals surface area contributed by atoms with E-state index in [1.807, 2.05) is 44.4 Å². The molecule has 0 amide bonds. The van der Waals surface area contributed by atoms with Gasteiger partial charge in [-0.3, -0.25) is 0 Å². The van der Waals surface area contributed by atoms with E-state index in [-0.39, 0.29) is 0 Å². The first-order valence-electron chi connectivity index (χ1n) is 7.30. The van der Waals surface area contributed by atoms with Crippen LogP contribution in [0, 0.1) is 0 Å². The molecule has 2 rings (SSSR count). The number of aromatic nitrogens is 1. The van der Waals surface area contributed by atoms with Crippen LogP contribution in [0.2, 0.25) is 0 Å². The predicted octanol–water partition coefficient (Wildman–Crippen LogP) is 3.44. The quantitative estimate of drug-likeness (QED) is 0.791. The number of nitrogens with zero attached hydrogens (tertiary/aromatic N) is 2. The molecule has 4 nitrogen and oxygen atoms in total. The van der Waals surface area contributed by atoms with E-state index >= 15 is 0 Å². The molecule has 1 N–H and O–H groups in total. The molecule has 0 aliphatic rings. The minimum absolute atomic E-state index is 0.664. The maximum absolute atomic E-state index is 5.95. The van der Waals surface area contributed by atoms with Gasteiger partial charge < -0.3 is 15.0 Å². The van der Waals surface area contributed by atoms with Crippen molar-refractivity contribution in [3.05, 3.63) is 48.2 Å². The minimum atomic E-state index is 0.664. The van der Waals surface area contributed by atoms with Gasteiger partial charge in [-0.25, -0.2) is 4.98 Å². The van der Waals surface area contributed by atoms with Gasteiger partial charge in [0.2, 0.25) is 5.88 Å². The average Bonchev–Trinajstić information content (AvgIpc) is 2.49. The van der Waals surface area contributed by atoms with Crippen molar-refractivity contribution >= 4 is 5.69 Å². The summed E-state index contributed by atoms with van der Waals surface area (Å²) in [5.41, 5.74) is 2.18. The topological polar surface area (TPSA) is 37.4 Å². The van der Waals surface area contributed by atoms with Crippen LogP contribution in [0.5, 0.6) is 11.6 Å². The second kappa shape index (κ2) is 7.64. The summed E-state index contributed by atoms with van der Waals surface area (Å²) in [6.45, 7) is 3.91. The third-order valence-corrected chi connectivity index (χ3v) is 3.14.